The number of rotatable bonds is 8. The van der Waals surface area contributed by atoms with E-state index in [1.807, 2.05) is 19.1 Å². The molecule has 2 rings (SSSR count). The van der Waals surface area contributed by atoms with Gasteiger partial charge in [0.1, 0.15) is 0 Å². The zero-order chi connectivity index (χ0) is 19.1. The first-order chi connectivity index (χ1) is 12.5. The van der Waals surface area contributed by atoms with Crippen molar-refractivity contribution in [3.05, 3.63) is 52.0 Å². The van der Waals surface area contributed by atoms with Gasteiger partial charge in [-0.05, 0) is 49.6 Å². The normalized spacial score (nSPS) is 11.6. The number of halogens is 1. The van der Waals surface area contributed by atoms with E-state index in [1.165, 1.54) is 26.9 Å². The summed E-state index contributed by atoms with van der Waals surface area (Å²) in [6, 6.07) is 11.5. The number of aryl methyl sites for hydroxylation is 1. The number of carbonyl (C=O) groups is 1. The molecule has 1 amide bonds. The first-order valence-electron chi connectivity index (χ1n) is 8.33. The Balaban J connectivity index is 2.03. The van der Waals surface area contributed by atoms with Crippen LogP contribution in [-0.2, 0) is 6.42 Å². The smallest absolute Gasteiger partial charge is 0.251 e. The van der Waals surface area contributed by atoms with Gasteiger partial charge in [0.05, 0.1) is 21.3 Å². The first kappa shape index (κ1) is 20.1. The molecule has 5 nitrogen and oxygen atoms in total. The summed E-state index contributed by atoms with van der Waals surface area (Å²) in [5, 5.41) is 3.02. The van der Waals surface area contributed by atoms with Gasteiger partial charge in [0, 0.05) is 16.1 Å². The first-order valence-corrected chi connectivity index (χ1v) is 9.13. The largest absolute Gasteiger partial charge is 0.493 e. The van der Waals surface area contributed by atoms with Gasteiger partial charge in [-0.25, -0.2) is 0 Å². The van der Waals surface area contributed by atoms with Crippen molar-refractivity contribution in [1.82, 2.24) is 5.32 Å². The fraction of sp³-hybridized carbons (Fsp3) is 0.350. The molecule has 0 aliphatic carbocycles. The summed E-state index contributed by atoms with van der Waals surface area (Å²) in [7, 11) is 4.59. The van der Waals surface area contributed by atoms with E-state index in [0.717, 1.165) is 17.3 Å². The van der Waals surface area contributed by atoms with Crippen molar-refractivity contribution in [3.8, 4) is 17.2 Å². The number of ether oxygens (including phenoxy) is 3. The molecule has 6 heteroatoms. The molecule has 0 saturated carbocycles. The van der Waals surface area contributed by atoms with Crippen molar-refractivity contribution in [3.63, 3.8) is 0 Å². The number of nitrogens with one attached hydrogen (secondary N) is 1. The van der Waals surface area contributed by atoms with Crippen LogP contribution in [0.3, 0.4) is 0 Å². The molecule has 26 heavy (non-hydrogen) atoms. The summed E-state index contributed by atoms with van der Waals surface area (Å²) < 4.78 is 16.9. The monoisotopic (exact) mass is 421 g/mol. The highest BCUT2D eigenvalue weighted by Crippen LogP contribution is 2.38. The highest BCUT2D eigenvalue weighted by Gasteiger charge is 2.18. The van der Waals surface area contributed by atoms with Gasteiger partial charge in [0.15, 0.2) is 11.5 Å². The van der Waals surface area contributed by atoms with Crippen LogP contribution in [0.5, 0.6) is 17.2 Å². The Labute approximate surface area is 162 Å². The summed E-state index contributed by atoms with van der Waals surface area (Å²) in [5.41, 5.74) is 1.71. The third-order valence-electron chi connectivity index (χ3n) is 4.08. The van der Waals surface area contributed by atoms with E-state index in [2.05, 4.69) is 33.4 Å². The third kappa shape index (κ3) is 5.14. The summed E-state index contributed by atoms with van der Waals surface area (Å²) in [6.45, 7) is 1.99. The molecule has 1 unspecified atom stereocenters. The topological polar surface area (TPSA) is 56.8 Å². The molecule has 0 aliphatic heterocycles. The van der Waals surface area contributed by atoms with E-state index >= 15 is 0 Å². The predicted molar refractivity (Wildman–Crippen MR) is 105 cm³/mol. The van der Waals surface area contributed by atoms with Gasteiger partial charge in [-0.1, -0.05) is 28.1 Å². The van der Waals surface area contributed by atoms with Gasteiger partial charge >= 0.3 is 0 Å². The van der Waals surface area contributed by atoms with Crippen LogP contribution in [-0.4, -0.2) is 33.3 Å². The van der Waals surface area contributed by atoms with Crippen LogP contribution in [0.2, 0.25) is 0 Å². The molecular formula is C20H24BrNO4. The number of hydrogen-bond donors (Lipinski definition) is 1. The number of benzene rings is 2. The minimum Gasteiger partial charge on any atom is -0.493 e. The summed E-state index contributed by atoms with van der Waals surface area (Å²) in [6.07, 6.45) is 1.74. The molecule has 140 valence electrons. The van der Waals surface area contributed by atoms with Gasteiger partial charge < -0.3 is 19.5 Å². The maximum Gasteiger partial charge on any atom is 0.251 e. The van der Waals surface area contributed by atoms with Crippen LogP contribution in [0.4, 0.5) is 0 Å². The highest BCUT2D eigenvalue weighted by molar-refractivity contribution is 9.10. The lowest BCUT2D eigenvalue weighted by Crippen LogP contribution is -2.32. The molecule has 0 bridgehead atoms. The third-order valence-corrected chi connectivity index (χ3v) is 4.61. The molecule has 0 radical (unpaired) electrons. The van der Waals surface area contributed by atoms with Crippen molar-refractivity contribution in [2.24, 2.45) is 0 Å². The molecule has 0 spiro atoms. The van der Waals surface area contributed by atoms with E-state index < -0.39 is 0 Å². The summed E-state index contributed by atoms with van der Waals surface area (Å²) >= 11 is 3.43. The SMILES string of the molecule is COc1cc(C(=O)NC(C)CCc2ccc(Br)cc2)cc(OC)c1OC. The van der Waals surface area contributed by atoms with Gasteiger partial charge in [-0.3, -0.25) is 4.79 Å². The number of methoxy groups -OCH3 is 3. The average Bonchev–Trinajstić information content (AvgIpc) is 2.66. The lowest BCUT2D eigenvalue weighted by molar-refractivity contribution is 0.0937. The van der Waals surface area contributed by atoms with Crippen molar-refractivity contribution in [2.45, 2.75) is 25.8 Å². The van der Waals surface area contributed by atoms with Gasteiger partial charge in [-0.15, -0.1) is 0 Å². The number of amides is 1. The Bertz CT molecular complexity index is 721. The molecule has 0 heterocycles. The maximum atomic E-state index is 12.6. The Kier molecular flexibility index (Phi) is 7.33. The zero-order valence-electron chi connectivity index (χ0n) is 15.5. The number of hydrogen-bond acceptors (Lipinski definition) is 4. The van der Waals surface area contributed by atoms with Crippen LogP contribution in [0, 0.1) is 0 Å². The zero-order valence-corrected chi connectivity index (χ0v) is 17.1. The van der Waals surface area contributed by atoms with E-state index in [1.54, 1.807) is 12.1 Å². The fourth-order valence-electron chi connectivity index (χ4n) is 2.63. The second kappa shape index (κ2) is 9.48. The molecule has 1 atom stereocenters. The summed E-state index contributed by atoms with van der Waals surface area (Å²) in [4.78, 5) is 12.6. The van der Waals surface area contributed by atoms with Gasteiger partial charge in [0.25, 0.3) is 5.91 Å². The predicted octanol–water partition coefficient (Wildman–Crippen LogP) is 4.23. The molecule has 0 aromatic heterocycles. The minimum absolute atomic E-state index is 0.0326. The molecule has 1 N–H and O–H groups in total. The van der Waals surface area contributed by atoms with Crippen LogP contribution < -0.4 is 19.5 Å². The quantitative estimate of drug-likeness (QED) is 0.692. The summed E-state index contributed by atoms with van der Waals surface area (Å²) in [5.74, 6) is 1.21. The van der Waals surface area contributed by atoms with Crippen LogP contribution in [0.15, 0.2) is 40.9 Å². The second-order valence-corrected chi connectivity index (χ2v) is 6.87. The molecule has 2 aromatic carbocycles. The molecule has 0 saturated heterocycles. The maximum absolute atomic E-state index is 12.6. The van der Waals surface area contributed by atoms with Crippen molar-refractivity contribution in [1.29, 1.82) is 0 Å². The van der Waals surface area contributed by atoms with E-state index in [0.29, 0.717) is 22.8 Å². The Hall–Kier alpha value is -2.21. The van der Waals surface area contributed by atoms with Gasteiger partial charge in [-0.2, -0.15) is 0 Å². The van der Waals surface area contributed by atoms with Crippen LogP contribution in [0.1, 0.15) is 29.3 Å². The van der Waals surface area contributed by atoms with E-state index in [-0.39, 0.29) is 11.9 Å². The Morgan fingerprint density at radius 1 is 1.04 bits per heavy atom. The molecular weight excluding hydrogens is 398 g/mol. The molecule has 0 fully saturated rings. The van der Waals surface area contributed by atoms with Crippen LogP contribution >= 0.6 is 15.9 Å². The van der Waals surface area contributed by atoms with Crippen molar-refractivity contribution >= 4 is 21.8 Å². The standard InChI is InChI=1S/C20H24BrNO4/c1-13(5-6-14-7-9-16(21)10-8-14)22-20(23)15-11-17(24-2)19(26-4)18(12-15)25-3/h7-13H,5-6H2,1-4H3,(H,22,23). The number of carbonyl (C=O) groups excluding carboxylic acids is 1. The van der Waals surface area contributed by atoms with E-state index in [9.17, 15) is 4.79 Å². The lowest BCUT2D eigenvalue weighted by atomic mass is 10.1. The highest BCUT2D eigenvalue weighted by atomic mass is 79.9. The Morgan fingerprint density at radius 3 is 2.12 bits per heavy atom. The van der Waals surface area contributed by atoms with E-state index in [4.69, 9.17) is 14.2 Å². The second-order valence-electron chi connectivity index (χ2n) is 5.95. The van der Waals surface area contributed by atoms with Crippen molar-refractivity contribution < 1.29 is 19.0 Å². The Morgan fingerprint density at radius 2 is 1.62 bits per heavy atom. The van der Waals surface area contributed by atoms with Crippen LogP contribution in [0.25, 0.3) is 0 Å². The fourth-order valence-corrected chi connectivity index (χ4v) is 2.89. The molecule has 0 aliphatic rings. The average molecular weight is 422 g/mol. The molecule has 2 aromatic rings. The minimum atomic E-state index is -0.174. The van der Waals surface area contributed by atoms with Gasteiger partial charge in [0.2, 0.25) is 5.75 Å². The lowest BCUT2D eigenvalue weighted by Gasteiger charge is -2.17. The van der Waals surface area contributed by atoms with Crippen molar-refractivity contribution in [2.75, 3.05) is 21.3 Å².